The van der Waals surface area contributed by atoms with Crippen LogP contribution in [0.4, 0.5) is 11.4 Å². The molecule has 0 unspecified atom stereocenters. The molecule has 3 aromatic rings. The van der Waals surface area contributed by atoms with E-state index in [0.29, 0.717) is 5.69 Å². The van der Waals surface area contributed by atoms with Gasteiger partial charge in [0.15, 0.2) is 0 Å². The Kier molecular flexibility index (Phi) is 4.14. The Hall–Kier alpha value is -2.82. The van der Waals surface area contributed by atoms with Crippen LogP contribution in [0.3, 0.4) is 0 Å². The van der Waals surface area contributed by atoms with Crippen LogP contribution in [0.2, 0.25) is 0 Å². The summed E-state index contributed by atoms with van der Waals surface area (Å²) in [6.07, 6.45) is 5.61. The maximum Gasteiger partial charge on any atom is 0.275 e. The van der Waals surface area contributed by atoms with Crippen LogP contribution in [0.25, 0.3) is 5.65 Å². The Labute approximate surface area is 147 Å². The van der Waals surface area contributed by atoms with Gasteiger partial charge in [-0.15, -0.1) is 0 Å². The number of pyridine rings is 1. The number of carbonyl (C=O) groups is 1. The highest BCUT2D eigenvalue weighted by Gasteiger charge is 2.13. The fourth-order valence-corrected chi connectivity index (χ4v) is 3.36. The second-order valence-corrected chi connectivity index (χ2v) is 6.57. The van der Waals surface area contributed by atoms with Crippen LogP contribution >= 0.6 is 0 Å². The second-order valence-electron chi connectivity index (χ2n) is 6.57. The van der Waals surface area contributed by atoms with E-state index in [-0.39, 0.29) is 5.91 Å². The molecule has 0 radical (unpaired) electrons. The van der Waals surface area contributed by atoms with Gasteiger partial charge in [0.05, 0.1) is 0 Å². The molecular formula is C20H22N4O. The van der Waals surface area contributed by atoms with Gasteiger partial charge in [-0.2, -0.15) is 0 Å². The van der Waals surface area contributed by atoms with E-state index in [1.165, 1.54) is 24.9 Å². The van der Waals surface area contributed by atoms with Crippen molar-refractivity contribution in [2.24, 2.45) is 0 Å². The van der Waals surface area contributed by atoms with Crippen molar-refractivity contribution in [3.63, 3.8) is 0 Å². The minimum atomic E-state index is -0.186. The number of amides is 1. The molecule has 5 nitrogen and oxygen atoms in total. The zero-order valence-corrected chi connectivity index (χ0v) is 14.4. The second kappa shape index (κ2) is 6.59. The molecule has 1 aliphatic rings. The molecule has 3 heterocycles. The van der Waals surface area contributed by atoms with Crippen LogP contribution in [0.5, 0.6) is 0 Å². The molecule has 2 aromatic heterocycles. The third-order valence-corrected chi connectivity index (χ3v) is 4.77. The highest BCUT2D eigenvalue weighted by molar-refractivity contribution is 6.03. The predicted molar refractivity (Wildman–Crippen MR) is 100 cm³/mol. The summed E-state index contributed by atoms with van der Waals surface area (Å²) in [6, 6.07) is 13.9. The maximum atomic E-state index is 12.5. The van der Waals surface area contributed by atoms with Crippen molar-refractivity contribution in [3.05, 3.63) is 60.0 Å². The molecule has 1 aromatic carbocycles. The van der Waals surface area contributed by atoms with Gasteiger partial charge >= 0.3 is 0 Å². The number of hydrogen-bond donors (Lipinski definition) is 1. The number of aromatic nitrogens is 2. The zero-order valence-electron chi connectivity index (χ0n) is 14.4. The lowest BCUT2D eigenvalue weighted by Crippen LogP contribution is -2.29. The molecule has 1 N–H and O–H groups in total. The van der Waals surface area contributed by atoms with E-state index in [1.54, 1.807) is 6.20 Å². The number of anilines is 2. The Morgan fingerprint density at radius 3 is 2.52 bits per heavy atom. The van der Waals surface area contributed by atoms with Crippen molar-refractivity contribution in [2.75, 3.05) is 23.3 Å². The normalized spacial score (nSPS) is 14.7. The average molecular weight is 334 g/mol. The van der Waals surface area contributed by atoms with Gasteiger partial charge in [-0.25, -0.2) is 4.98 Å². The number of piperidine rings is 1. The Morgan fingerprint density at radius 2 is 1.80 bits per heavy atom. The quantitative estimate of drug-likeness (QED) is 0.791. The third kappa shape index (κ3) is 3.22. The molecule has 0 spiro atoms. The molecule has 128 valence electrons. The van der Waals surface area contributed by atoms with Crippen molar-refractivity contribution in [1.29, 1.82) is 0 Å². The van der Waals surface area contributed by atoms with Crippen molar-refractivity contribution in [2.45, 2.75) is 26.2 Å². The van der Waals surface area contributed by atoms with E-state index in [9.17, 15) is 4.79 Å². The van der Waals surface area contributed by atoms with E-state index in [2.05, 4.69) is 27.3 Å². The van der Waals surface area contributed by atoms with Gasteiger partial charge in [-0.3, -0.25) is 4.79 Å². The number of imidazole rings is 1. The molecule has 25 heavy (non-hydrogen) atoms. The Bertz CT molecular complexity index is 892. The Balaban J connectivity index is 1.49. The fraction of sp³-hybridized carbons (Fsp3) is 0.300. The van der Waals surface area contributed by atoms with Crippen LogP contribution in [0, 0.1) is 6.92 Å². The molecule has 4 rings (SSSR count). The lowest BCUT2D eigenvalue weighted by molar-refractivity contribution is 0.102. The van der Waals surface area contributed by atoms with Gasteiger partial charge in [-0.05, 0) is 62.6 Å². The van der Waals surface area contributed by atoms with E-state index in [4.69, 9.17) is 0 Å². The lowest BCUT2D eigenvalue weighted by atomic mass is 10.1. The molecule has 5 heteroatoms. The number of nitrogens with one attached hydrogen (secondary N) is 1. The first kappa shape index (κ1) is 15.7. The molecule has 1 fully saturated rings. The highest BCUT2D eigenvalue weighted by Crippen LogP contribution is 2.22. The van der Waals surface area contributed by atoms with Gasteiger partial charge in [0.1, 0.15) is 11.3 Å². The van der Waals surface area contributed by atoms with Crippen LogP contribution in [-0.4, -0.2) is 28.4 Å². The van der Waals surface area contributed by atoms with Crippen LogP contribution in [-0.2, 0) is 0 Å². The van der Waals surface area contributed by atoms with Crippen molar-refractivity contribution >= 4 is 22.9 Å². The number of nitrogens with zero attached hydrogens (tertiary/aromatic N) is 3. The summed E-state index contributed by atoms with van der Waals surface area (Å²) in [6.45, 7) is 4.23. The molecule has 0 saturated carbocycles. The summed E-state index contributed by atoms with van der Waals surface area (Å²) in [5.74, 6) is -0.186. The molecular weight excluding hydrogens is 312 g/mol. The molecule has 0 bridgehead atoms. The number of benzene rings is 1. The fourth-order valence-electron chi connectivity index (χ4n) is 3.36. The summed E-state index contributed by atoms with van der Waals surface area (Å²) in [5.41, 5.74) is 4.27. The van der Waals surface area contributed by atoms with Crippen LogP contribution in [0.15, 0.2) is 48.7 Å². The van der Waals surface area contributed by atoms with E-state index >= 15 is 0 Å². The van der Waals surface area contributed by atoms with Gasteiger partial charge < -0.3 is 14.6 Å². The van der Waals surface area contributed by atoms with Gasteiger partial charge in [0.2, 0.25) is 0 Å². The summed E-state index contributed by atoms with van der Waals surface area (Å²) >= 11 is 0. The first-order chi connectivity index (χ1) is 12.2. The van der Waals surface area contributed by atoms with Gasteiger partial charge in [0, 0.05) is 36.4 Å². The topological polar surface area (TPSA) is 49.6 Å². The van der Waals surface area contributed by atoms with Gasteiger partial charge in [-0.1, -0.05) is 6.07 Å². The minimum absolute atomic E-state index is 0.186. The summed E-state index contributed by atoms with van der Waals surface area (Å²) in [5, 5.41) is 2.94. The van der Waals surface area contributed by atoms with Gasteiger partial charge in [0.25, 0.3) is 5.91 Å². The first-order valence-corrected chi connectivity index (χ1v) is 8.82. The van der Waals surface area contributed by atoms with E-state index in [1.807, 2.05) is 41.7 Å². The number of hydrogen-bond acceptors (Lipinski definition) is 3. The molecule has 0 aliphatic carbocycles. The van der Waals surface area contributed by atoms with Crippen molar-refractivity contribution < 1.29 is 4.79 Å². The van der Waals surface area contributed by atoms with Crippen LogP contribution in [0.1, 0.15) is 35.4 Å². The number of rotatable bonds is 3. The number of fused-ring (bicyclic) bond motifs is 1. The molecule has 1 aliphatic heterocycles. The molecule has 0 atom stereocenters. The standard InChI is InChI=1S/C20H22N4O/c1-15-6-5-7-19-22-18(14-24(15)19)20(25)21-16-8-10-17(11-9-16)23-12-3-2-4-13-23/h5-11,14H,2-4,12-13H2,1H3,(H,21,25). The average Bonchev–Trinajstić information content (AvgIpc) is 3.09. The summed E-state index contributed by atoms with van der Waals surface area (Å²) < 4.78 is 1.92. The van der Waals surface area contributed by atoms with Crippen molar-refractivity contribution in [1.82, 2.24) is 9.38 Å². The maximum absolute atomic E-state index is 12.5. The smallest absolute Gasteiger partial charge is 0.275 e. The monoisotopic (exact) mass is 334 g/mol. The Morgan fingerprint density at radius 1 is 1.04 bits per heavy atom. The summed E-state index contributed by atoms with van der Waals surface area (Å²) in [4.78, 5) is 19.3. The number of carbonyl (C=O) groups excluding carboxylic acids is 1. The predicted octanol–water partition coefficient (Wildman–Crippen LogP) is 3.89. The molecule has 1 saturated heterocycles. The zero-order chi connectivity index (χ0) is 17.2. The summed E-state index contributed by atoms with van der Waals surface area (Å²) in [7, 11) is 0. The SMILES string of the molecule is Cc1cccc2nc(C(=O)Nc3ccc(N4CCCCC4)cc3)cn12. The number of aryl methyl sites for hydroxylation is 1. The lowest BCUT2D eigenvalue weighted by Gasteiger charge is -2.28. The van der Waals surface area contributed by atoms with E-state index in [0.717, 1.165) is 30.1 Å². The first-order valence-electron chi connectivity index (χ1n) is 8.82. The molecule has 1 amide bonds. The highest BCUT2D eigenvalue weighted by atomic mass is 16.1. The van der Waals surface area contributed by atoms with Crippen LogP contribution < -0.4 is 10.2 Å². The van der Waals surface area contributed by atoms with E-state index < -0.39 is 0 Å². The van der Waals surface area contributed by atoms with Crippen molar-refractivity contribution in [3.8, 4) is 0 Å². The third-order valence-electron chi connectivity index (χ3n) is 4.77. The minimum Gasteiger partial charge on any atom is -0.372 e. The largest absolute Gasteiger partial charge is 0.372 e.